The maximum absolute atomic E-state index is 2.18. The Kier molecular flexibility index (Phi) is 6.05. The third-order valence-electron chi connectivity index (χ3n) is 1.77. The SMILES string of the molecule is C1=CCC\C=C/C=C/C=C\C=C\C=C/1. The topological polar surface area (TPSA) is 0 Å². The molecule has 0 heteroatoms. The molecule has 0 aromatic heterocycles. The predicted molar refractivity (Wildman–Crippen MR) is 64.1 cm³/mol. The van der Waals surface area contributed by atoms with Crippen molar-refractivity contribution in [1.29, 1.82) is 0 Å². The summed E-state index contributed by atoms with van der Waals surface area (Å²) in [6.07, 6.45) is 27.0. The molecule has 0 saturated carbocycles. The van der Waals surface area contributed by atoms with E-state index in [1.54, 1.807) is 0 Å². The zero-order valence-corrected chi connectivity index (χ0v) is 8.34. The lowest BCUT2D eigenvalue weighted by Gasteiger charge is -1.84. The Morgan fingerprint density at radius 3 is 1.00 bits per heavy atom. The lowest BCUT2D eigenvalue weighted by atomic mass is 10.2. The molecule has 1 aliphatic rings. The maximum atomic E-state index is 2.18. The van der Waals surface area contributed by atoms with E-state index < -0.39 is 0 Å². The van der Waals surface area contributed by atoms with Crippen LogP contribution in [-0.2, 0) is 0 Å². The Morgan fingerprint density at radius 1 is 0.357 bits per heavy atom. The minimum absolute atomic E-state index is 1.11. The Morgan fingerprint density at radius 2 is 0.643 bits per heavy atom. The molecule has 0 radical (unpaired) electrons. The van der Waals surface area contributed by atoms with Crippen molar-refractivity contribution >= 4 is 0 Å². The van der Waals surface area contributed by atoms with E-state index in [1.165, 1.54) is 0 Å². The summed E-state index contributed by atoms with van der Waals surface area (Å²) in [5.74, 6) is 0. The lowest BCUT2D eigenvalue weighted by Crippen LogP contribution is -1.63. The molecule has 0 unspecified atom stereocenters. The molecule has 0 aromatic rings. The van der Waals surface area contributed by atoms with Crippen molar-refractivity contribution < 1.29 is 0 Å². The van der Waals surface area contributed by atoms with Crippen LogP contribution in [0.25, 0.3) is 0 Å². The Hall–Kier alpha value is -1.56. The molecule has 0 fully saturated rings. The van der Waals surface area contributed by atoms with Crippen LogP contribution >= 0.6 is 0 Å². The zero-order chi connectivity index (χ0) is 9.90. The van der Waals surface area contributed by atoms with Crippen LogP contribution in [0.3, 0.4) is 0 Å². The second kappa shape index (κ2) is 8.06. The first-order valence-electron chi connectivity index (χ1n) is 4.98. The number of rotatable bonds is 0. The van der Waals surface area contributed by atoms with Crippen LogP contribution in [0.5, 0.6) is 0 Å². The standard InChI is InChI=1S/C14H16/c1-2-4-6-8-10-12-14-13-11-9-7-5-3-1/h1-12H,13-14H2/b3-1-,4-2+,7-5+,8-6-,11-9-,12-10?. The fourth-order valence-corrected chi connectivity index (χ4v) is 1.06. The van der Waals surface area contributed by atoms with Gasteiger partial charge in [0, 0.05) is 0 Å². The highest BCUT2D eigenvalue weighted by atomic mass is 13.8. The summed E-state index contributed by atoms with van der Waals surface area (Å²) in [6, 6.07) is 0. The summed E-state index contributed by atoms with van der Waals surface area (Å²) in [5.41, 5.74) is 0. The number of allylic oxidation sites excluding steroid dienone is 12. The summed E-state index contributed by atoms with van der Waals surface area (Å²) in [4.78, 5) is 0. The molecule has 1 rings (SSSR count). The summed E-state index contributed by atoms with van der Waals surface area (Å²) < 4.78 is 0. The van der Waals surface area contributed by atoms with Crippen LogP contribution in [0.2, 0.25) is 0 Å². The molecule has 0 bridgehead atoms. The van der Waals surface area contributed by atoms with Crippen LogP contribution in [0.15, 0.2) is 72.9 Å². The summed E-state index contributed by atoms with van der Waals surface area (Å²) in [6.45, 7) is 0. The van der Waals surface area contributed by atoms with Crippen LogP contribution in [0, 0.1) is 0 Å². The summed E-state index contributed by atoms with van der Waals surface area (Å²) >= 11 is 0. The van der Waals surface area contributed by atoms with Gasteiger partial charge in [-0.15, -0.1) is 0 Å². The monoisotopic (exact) mass is 184 g/mol. The first-order chi connectivity index (χ1) is 7.00. The third-order valence-corrected chi connectivity index (χ3v) is 1.77. The van der Waals surface area contributed by atoms with E-state index in [0.717, 1.165) is 12.8 Å². The van der Waals surface area contributed by atoms with E-state index in [0.29, 0.717) is 0 Å². The van der Waals surface area contributed by atoms with Crippen molar-refractivity contribution in [1.82, 2.24) is 0 Å². The van der Waals surface area contributed by atoms with Crippen LogP contribution < -0.4 is 0 Å². The highest BCUT2D eigenvalue weighted by molar-refractivity contribution is 5.19. The third kappa shape index (κ3) is 6.01. The molecule has 72 valence electrons. The highest BCUT2D eigenvalue weighted by Gasteiger charge is 1.74. The molecule has 0 nitrogen and oxygen atoms in total. The molecule has 14 heavy (non-hydrogen) atoms. The Balaban J connectivity index is 2.56. The molecule has 0 amide bonds. The van der Waals surface area contributed by atoms with Crippen LogP contribution in [0.1, 0.15) is 12.8 Å². The van der Waals surface area contributed by atoms with Crippen molar-refractivity contribution in [3.8, 4) is 0 Å². The van der Waals surface area contributed by atoms with Crippen molar-refractivity contribution in [3.05, 3.63) is 72.9 Å². The van der Waals surface area contributed by atoms with Crippen molar-refractivity contribution in [2.75, 3.05) is 0 Å². The van der Waals surface area contributed by atoms with Crippen molar-refractivity contribution in [2.45, 2.75) is 12.8 Å². The second-order valence-electron chi connectivity index (χ2n) is 2.97. The lowest BCUT2D eigenvalue weighted by molar-refractivity contribution is 1.05. The molecule has 0 N–H and O–H groups in total. The molecule has 0 atom stereocenters. The zero-order valence-electron chi connectivity index (χ0n) is 8.34. The molecular weight excluding hydrogens is 168 g/mol. The molecule has 1 aliphatic carbocycles. The fourth-order valence-electron chi connectivity index (χ4n) is 1.06. The molecule has 0 aromatic carbocycles. The van der Waals surface area contributed by atoms with Gasteiger partial charge in [0.05, 0.1) is 0 Å². The van der Waals surface area contributed by atoms with Gasteiger partial charge in [-0.1, -0.05) is 72.9 Å². The Labute approximate surface area is 86.3 Å². The minimum atomic E-state index is 1.11. The van der Waals surface area contributed by atoms with E-state index in [2.05, 4.69) is 36.5 Å². The largest absolute Gasteiger partial charge is 0.0842 e. The average Bonchev–Trinajstić information content (AvgIpc) is 2.22. The summed E-state index contributed by atoms with van der Waals surface area (Å²) in [7, 11) is 0. The van der Waals surface area contributed by atoms with Gasteiger partial charge in [-0.25, -0.2) is 0 Å². The van der Waals surface area contributed by atoms with E-state index >= 15 is 0 Å². The van der Waals surface area contributed by atoms with Gasteiger partial charge >= 0.3 is 0 Å². The van der Waals surface area contributed by atoms with Gasteiger partial charge < -0.3 is 0 Å². The Bertz CT molecular complexity index is 264. The molecular formula is C14H16. The van der Waals surface area contributed by atoms with Crippen LogP contribution in [-0.4, -0.2) is 0 Å². The van der Waals surface area contributed by atoms with Crippen LogP contribution in [0.4, 0.5) is 0 Å². The van der Waals surface area contributed by atoms with Gasteiger partial charge in [-0.3, -0.25) is 0 Å². The predicted octanol–water partition coefficient (Wildman–Crippen LogP) is 4.12. The number of hydrogen-bond acceptors (Lipinski definition) is 0. The van der Waals surface area contributed by atoms with Gasteiger partial charge in [0.15, 0.2) is 0 Å². The number of hydrogen-bond donors (Lipinski definition) is 0. The molecule has 0 aliphatic heterocycles. The first-order valence-corrected chi connectivity index (χ1v) is 4.98. The molecule has 0 spiro atoms. The molecule has 0 heterocycles. The smallest absolute Gasteiger partial charge is 0.0313 e. The first kappa shape index (κ1) is 10.5. The van der Waals surface area contributed by atoms with Gasteiger partial charge in [0.2, 0.25) is 0 Å². The van der Waals surface area contributed by atoms with E-state index in [-0.39, 0.29) is 0 Å². The summed E-state index contributed by atoms with van der Waals surface area (Å²) in [5, 5.41) is 0. The van der Waals surface area contributed by atoms with Crippen molar-refractivity contribution in [3.63, 3.8) is 0 Å². The van der Waals surface area contributed by atoms with Gasteiger partial charge in [0.1, 0.15) is 0 Å². The highest BCUT2D eigenvalue weighted by Crippen LogP contribution is 1.94. The van der Waals surface area contributed by atoms with E-state index in [4.69, 9.17) is 0 Å². The minimum Gasteiger partial charge on any atom is -0.0842 e. The van der Waals surface area contributed by atoms with E-state index in [9.17, 15) is 0 Å². The van der Waals surface area contributed by atoms with Gasteiger partial charge in [0.25, 0.3) is 0 Å². The molecule has 0 saturated heterocycles. The normalized spacial score (nSPS) is 28.6. The quantitative estimate of drug-likeness (QED) is 0.531. The average molecular weight is 184 g/mol. The second-order valence-corrected chi connectivity index (χ2v) is 2.97. The van der Waals surface area contributed by atoms with Crippen molar-refractivity contribution in [2.24, 2.45) is 0 Å². The van der Waals surface area contributed by atoms with Gasteiger partial charge in [-0.05, 0) is 12.8 Å². The maximum Gasteiger partial charge on any atom is -0.0313 e. The fraction of sp³-hybridized carbons (Fsp3) is 0.143. The van der Waals surface area contributed by atoms with Gasteiger partial charge in [-0.2, -0.15) is 0 Å². The van der Waals surface area contributed by atoms with E-state index in [1.807, 2.05) is 36.5 Å².